The Balaban J connectivity index is 1.31. The lowest BCUT2D eigenvalue weighted by Crippen LogP contribution is -2.44. The first kappa shape index (κ1) is 26.7. The standard InChI is InChI=1S/C28H32N6O5/c1-18-17-39-15-12-34(18)27-32-25(31-26(33-27)21-10-13-38-14-11-21)20-4-8-23(9-5-20)30-28(37)29-22-6-2-19(3-7-22)24(36)16-35/h2-9,18,21,35H,10-17H2,1H3,(H2,29,30,37). The third-order valence-electron chi connectivity index (χ3n) is 6.86. The number of carbonyl (C=O) groups excluding carboxylic acids is 2. The average Bonchev–Trinajstić information content (AvgIpc) is 2.98. The minimum Gasteiger partial charge on any atom is -0.388 e. The lowest BCUT2D eigenvalue weighted by atomic mass is 9.99. The van der Waals surface area contributed by atoms with E-state index in [9.17, 15) is 9.59 Å². The number of rotatable bonds is 7. The molecular formula is C28H32N6O5. The predicted octanol–water partition coefficient (Wildman–Crippen LogP) is 3.48. The number of benzene rings is 2. The molecule has 0 radical (unpaired) electrons. The van der Waals surface area contributed by atoms with Gasteiger partial charge in [-0.3, -0.25) is 4.79 Å². The highest BCUT2D eigenvalue weighted by Gasteiger charge is 2.26. The van der Waals surface area contributed by atoms with Crippen LogP contribution in [0.25, 0.3) is 11.4 Å². The Hall–Kier alpha value is -3.93. The highest BCUT2D eigenvalue weighted by atomic mass is 16.5. The van der Waals surface area contributed by atoms with Crippen LogP contribution in [0.2, 0.25) is 0 Å². The zero-order valence-corrected chi connectivity index (χ0v) is 21.8. The fourth-order valence-electron chi connectivity index (χ4n) is 4.63. The summed E-state index contributed by atoms with van der Waals surface area (Å²) in [5, 5.41) is 14.5. The van der Waals surface area contributed by atoms with Gasteiger partial charge in [-0.2, -0.15) is 9.97 Å². The highest BCUT2D eigenvalue weighted by molar-refractivity contribution is 6.01. The molecule has 5 rings (SSSR count). The van der Waals surface area contributed by atoms with Crippen LogP contribution in [0, 0.1) is 0 Å². The second kappa shape index (κ2) is 12.3. The maximum atomic E-state index is 12.5. The molecule has 39 heavy (non-hydrogen) atoms. The lowest BCUT2D eigenvalue weighted by molar-refractivity contribution is 0.0834. The van der Waals surface area contributed by atoms with Crippen molar-refractivity contribution in [3.05, 3.63) is 59.9 Å². The molecule has 0 aliphatic carbocycles. The molecule has 2 amide bonds. The Kier molecular flexibility index (Phi) is 8.40. The van der Waals surface area contributed by atoms with Crippen molar-refractivity contribution in [2.45, 2.75) is 31.7 Å². The number of urea groups is 1. The Bertz CT molecular complexity index is 1290. The summed E-state index contributed by atoms with van der Waals surface area (Å²) in [5.74, 6) is 1.87. The van der Waals surface area contributed by atoms with Crippen LogP contribution in [-0.2, 0) is 9.47 Å². The summed E-state index contributed by atoms with van der Waals surface area (Å²) in [4.78, 5) is 40.8. The van der Waals surface area contributed by atoms with Crippen molar-refractivity contribution in [1.82, 2.24) is 15.0 Å². The van der Waals surface area contributed by atoms with Gasteiger partial charge in [0.25, 0.3) is 0 Å². The van der Waals surface area contributed by atoms with Gasteiger partial charge in [-0.25, -0.2) is 9.78 Å². The van der Waals surface area contributed by atoms with Gasteiger partial charge >= 0.3 is 6.03 Å². The largest absolute Gasteiger partial charge is 0.388 e. The number of aliphatic hydroxyl groups excluding tert-OH is 1. The number of amides is 2. The van der Waals surface area contributed by atoms with Crippen LogP contribution in [0.5, 0.6) is 0 Å². The van der Waals surface area contributed by atoms with Gasteiger partial charge in [-0.05, 0) is 68.3 Å². The predicted molar refractivity (Wildman–Crippen MR) is 146 cm³/mol. The van der Waals surface area contributed by atoms with Gasteiger partial charge in [0.15, 0.2) is 11.6 Å². The summed E-state index contributed by atoms with van der Waals surface area (Å²) in [6, 6.07) is 13.4. The van der Waals surface area contributed by atoms with E-state index in [0.717, 1.165) is 30.8 Å². The van der Waals surface area contributed by atoms with E-state index in [1.807, 2.05) is 12.1 Å². The van der Waals surface area contributed by atoms with E-state index in [-0.39, 0.29) is 17.7 Å². The highest BCUT2D eigenvalue weighted by Crippen LogP contribution is 2.29. The molecule has 2 saturated heterocycles. The number of hydrogen-bond donors (Lipinski definition) is 3. The lowest BCUT2D eigenvalue weighted by Gasteiger charge is -2.34. The maximum absolute atomic E-state index is 12.5. The van der Waals surface area contributed by atoms with Crippen molar-refractivity contribution in [1.29, 1.82) is 0 Å². The number of aliphatic hydroxyl groups is 1. The molecule has 1 atom stereocenters. The van der Waals surface area contributed by atoms with Gasteiger partial charge in [0.2, 0.25) is 5.95 Å². The molecular weight excluding hydrogens is 500 g/mol. The van der Waals surface area contributed by atoms with Crippen LogP contribution in [0.15, 0.2) is 48.5 Å². The van der Waals surface area contributed by atoms with E-state index in [0.29, 0.717) is 55.1 Å². The molecule has 2 aliphatic heterocycles. The van der Waals surface area contributed by atoms with Crippen molar-refractivity contribution in [3.63, 3.8) is 0 Å². The van der Waals surface area contributed by atoms with E-state index in [2.05, 4.69) is 22.5 Å². The molecule has 204 valence electrons. The number of aromatic nitrogens is 3. The smallest absolute Gasteiger partial charge is 0.323 e. The fraction of sp³-hybridized carbons (Fsp3) is 0.393. The molecule has 11 heteroatoms. The maximum Gasteiger partial charge on any atom is 0.323 e. The molecule has 2 aromatic carbocycles. The molecule has 2 fully saturated rings. The second-order valence-corrected chi connectivity index (χ2v) is 9.64. The number of ketones is 1. The zero-order chi connectivity index (χ0) is 27.2. The van der Waals surface area contributed by atoms with Gasteiger partial charge in [0.05, 0.1) is 19.3 Å². The van der Waals surface area contributed by atoms with E-state index in [1.54, 1.807) is 36.4 Å². The van der Waals surface area contributed by atoms with Crippen molar-refractivity contribution < 1.29 is 24.2 Å². The van der Waals surface area contributed by atoms with Crippen LogP contribution < -0.4 is 15.5 Å². The van der Waals surface area contributed by atoms with Crippen LogP contribution in [0.3, 0.4) is 0 Å². The summed E-state index contributed by atoms with van der Waals surface area (Å²) in [6.07, 6.45) is 1.75. The number of morpholine rings is 1. The van der Waals surface area contributed by atoms with Gasteiger partial charge in [-0.15, -0.1) is 0 Å². The summed E-state index contributed by atoms with van der Waals surface area (Å²) < 4.78 is 11.1. The number of Topliss-reactive ketones (excluding diaryl/α,β-unsaturated/α-hetero) is 1. The van der Waals surface area contributed by atoms with E-state index < -0.39 is 12.6 Å². The Morgan fingerprint density at radius 1 is 0.923 bits per heavy atom. The quantitative estimate of drug-likeness (QED) is 0.390. The minimum absolute atomic E-state index is 0.160. The summed E-state index contributed by atoms with van der Waals surface area (Å²) >= 11 is 0. The van der Waals surface area contributed by atoms with E-state index in [4.69, 9.17) is 29.5 Å². The van der Waals surface area contributed by atoms with Crippen LogP contribution in [0.4, 0.5) is 22.1 Å². The van der Waals surface area contributed by atoms with Crippen molar-refractivity contribution >= 4 is 29.1 Å². The number of hydrogen-bond acceptors (Lipinski definition) is 9. The summed E-state index contributed by atoms with van der Waals surface area (Å²) in [6.45, 7) is 4.91. The molecule has 11 nitrogen and oxygen atoms in total. The molecule has 3 aromatic rings. The van der Waals surface area contributed by atoms with Crippen molar-refractivity contribution in [2.75, 3.05) is 55.1 Å². The van der Waals surface area contributed by atoms with Crippen LogP contribution >= 0.6 is 0 Å². The molecule has 3 heterocycles. The normalized spacial score (nSPS) is 18.0. The molecule has 3 N–H and O–H groups in total. The monoisotopic (exact) mass is 532 g/mol. The van der Waals surface area contributed by atoms with Crippen LogP contribution in [0.1, 0.15) is 41.9 Å². The van der Waals surface area contributed by atoms with Crippen LogP contribution in [-0.4, -0.2) is 77.5 Å². The SMILES string of the molecule is CC1COCCN1c1nc(-c2ccc(NC(=O)Nc3ccc(C(=O)CO)cc3)cc2)nc(C2CCOCC2)n1. The number of carbonyl (C=O) groups is 2. The summed E-state index contributed by atoms with van der Waals surface area (Å²) in [5.41, 5.74) is 2.32. The molecule has 1 unspecified atom stereocenters. The molecule has 0 spiro atoms. The third-order valence-corrected chi connectivity index (χ3v) is 6.86. The number of ether oxygens (including phenoxy) is 2. The first-order chi connectivity index (χ1) is 19.0. The van der Waals surface area contributed by atoms with E-state index >= 15 is 0 Å². The zero-order valence-electron chi connectivity index (χ0n) is 21.8. The Morgan fingerprint density at radius 3 is 2.23 bits per heavy atom. The first-order valence-electron chi connectivity index (χ1n) is 13.1. The molecule has 1 aromatic heterocycles. The molecule has 2 aliphatic rings. The van der Waals surface area contributed by atoms with Gasteiger partial charge in [0, 0.05) is 48.2 Å². The topological polar surface area (TPSA) is 139 Å². The average molecular weight is 533 g/mol. The minimum atomic E-state index is -0.557. The van der Waals surface area contributed by atoms with E-state index in [1.165, 1.54) is 0 Å². The Labute approximate surface area is 226 Å². The number of nitrogens with zero attached hydrogens (tertiary/aromatic N) is 4. The van der Waals surface area contributed by atoms with Gasteiger partial charge in [-0.1, -0.05) is 0 Å². The van der Waals surface area contributed by atoms with Crippen molar-refractivity contribution in [2.24, 2.45) is 0 Å². The fourth-order valence-corrected chi connectivity index (χ4v) is 4.63. The Morgan fingerprint density at radius 2 is 1.59 bits per heavy atom. The summed E-state index contributed by atoms with van der Waals surface area (Å²) in [7, 11) is 0. The van der Waals surface area contributed by atoms with Gasteiger partial charge in [0.1, 0.15) is 12.4 Å². The third kappa shape index (κ3) is 6.56. The number of anilines is 3. The van der Waals surface area contributed by atoms with Crippen molar-refractivity contribution in [3.8, 4) is 11.4 Å². The molecule has 0 saturated carbocycles. The molecule has 0 bridgehead atoms. The second-order valence-electron chi connectivity index (χ2n) is 9.64. The first-order valence-corrected chi connectivity index (χ1v) is 13.1. The van der Waals surface area contributed by atoms with Gasteiger partial charge < -0.3 is 30.1 Å². The number of nitrogens with one attached hydrogen (secondary N) is 2.